The Kier molecular flexibility index (Phi) is 2.73. The van der Waals surface area contributed by atoms with Crippen LogP contribution in [0.15, 0.2) is 30.7 Å². The van der Waals surface area contributed by atoms with E-state index in [1.54, 1.807) is 31.6 Å². The van der Waals surface area contributed by atoms with Gasteiger partial charge in [-0.05, 0) is 13.0 Å². The van der Waals surface area contributed by atoms with Crippen LogP contribution in [0.1, 0.15) is 17.4 Å². The summed E-state index contributed by atoms with van der Waals surface area (Å²) in [5.74, 6) is 0. The highest BCUT2D eigenvalue weighted by Crippen LogP contribution is 2.33. The molecule has 0 fully saturated rings. The maximum Gasteiger partial charge on any atom is 0.183 e. The first-order chi connectivity index (χ1) is 7.10. The molecule has 1 N–H and O–H groups in total. The zero-order chi connectivity index (χ0) is 10.9. The maximum atomic E-state index is 10.3. The monoisotopic (exact) mass is 240 g/mol. The molecule has 0 bridgehead atoms. The largest absolute Gasteiger partial charge is 0.380 e. The maximum absolute atomic E-state index is 10.3. The van der Waals surface area contributed by atoms with Gasteiger partial charge in [0.15, 0.2) is 4.47 Å². The minimum atomic E-state index is -1.08. The van der Waals surface area contributed by atoms with Gasteiger partial charge in [0.25, 0.3) is 0 Å². The number of halogens is 1. The first-order valence-corrected chi connectivity index (χ1v) is 5.55. The van der Waals surface area contributed by atoms with E-state index in [0.29, 0.717) is 9.34 Å². The van der Waals surface area contributed by atoms with Crippen LogP contribution in [0.5, 0.6) is 0 Å². The Bertz CT molecular complexity index is 455. The van der Waals surface area contributed by atoms with Gasteiger partial charge in [0.05, 0.1) is 4.88 Å². The number of rotatable bonds is 2. The van der Waals surface area contributed by atoms with Crippen molar-refractivity contribution >= 4 is 22.9 Å². The summed E-state index contributed by atoms with van der Waals surface area (Å²) in [6.07, 6.45) is 4.88. The molecule has 78 valence electrons. The zero-order valence-electron chi connectivity index (χ0n) is 8.01. The van der Waals surface area contributed by atoms with Crippen LogP contribution in [0.4, 0.5) is 0 Å². The van der Waals surface area contributed by atoms with Crippen molar-refractivity contribution in [3.63, 3.8) is 0 Å². The Morgan fingerprint density at radius 1 is 1.47 bits per heavy atom. The smallest absolute Gasteiger partial charge is 0.183 e. The lowest BCUT2D eigenvalue weighted by Gasteiger charge is -2.21. The summed E-state index contributed by atoms with van der Waals surface area (Å²) >= 11 is 7.00. The highest BCUT2D eigenvalue weighted by atomic mass is 35.5. The van der Waals surface area contributed by atoms with Gasteiger partial charge in [-0.15, -0.1) is 11.3 Å². The third-order valence-corrected chi connectivity index (χ3v) is 3.51. The average molecular weight is 241 g/mol. The van der Waals surface area contributed by atoms with Gasteiger partial charge in [-0.1, -0.05) is 17.7 Å². The molecule has 2 heterocycles. The number of nitrogens with zero attached hydrogens (tertiary/aromatic N) is 2. The van der Waals surface area contributed by atoms with Crippen LogP contribution in [-0.4, -0.2) is 15.1 Å². The molecule has 2 aromatic rings. The minimum absolute atomic E-state index is 0.425. The Hall–Kier alpha value is -0.970. The molecule has 5 heteroatoms. The molecule has 3 nitrogen and oxygen atoms in total. The Morgan fingerprint density at radius 2 is 2.27 bits per heavy atom. The summed E-state index contributed by atoms with van der Waals surface area (Å²) in [5, 5.41) is 10.3. The first-order valence-electron chi connectivity index (χ1n) is 4.35. The zero-order valence-corrected chi connectivity index (χ0v) is 9.59. The lowest BCUT2D eigenvalue weighted by Crippen LogP contribution is -2.21. The molecule has 0 spiro atoms. The summed E-state index contributed by atoms with van der Waals surface area (Å²) in [7, 11) is 0. The van der Waals surface area contributed by atoms with E-state index < -0.39 is 5.60 Å². The van der Waals surface area contributed by atoms with Gasteiger partial charge in [-0.25, -0.2) is 4.98 Å². The fourth-order valence-corrected chi connectivity index (χ4v) is 2.28. The highest BCUT2D eigenvalue weighted by molar-refractivity contribution is 7.15. The van der Waals surface area contributed by atoms with Gasteiger partial charge in [-0.3, -0.25) is 4.98 Å². The van der Waals surface area contributed by atoms with Crippen LogP contribution in [-0.2, 0) is 5.60 Å². The van der Waals surface area contributed by atoms with Crippen molar-refractivity contribution in [2.45, 2.75) is 12.5 Å². The van der Waals surface area contributed by atoms with E-state index in [1.807, 2.05) is 6.07 Å². The van der Waals surface area contributed by atoms with Crippen molar-refractivity contribution in [1.82, 2.24) is 9.97 Å². The molecule has 1 unspecified atom stereocenters. The van der Waals surface area contributed by atoms with Gasteiger partial charge in [0.2, 0.25) is 0 Å². The van der Waals surface area contributed by atoms with Crippen molar-refractivity contribution < 1.29 is 5.11 Å². The van der Waals surface area contributed by atoms with Gasteiger partial charge in [0.1, 0.15) is 5.60 Å². The number of pyridine rings is 1. The molecule has 2 rings (SSSR count). The predicted molar refractivity (Wildman–Crippen MR) is 60.0 cm³/mol. The van der Waals surface area contributed by atoms with Gasteiger partial charge < -0.3 is 5.11 Å². The molecule has 0 amide bonds. The molecule has 0 radical (unpaired) electrons. The van der Waals surface area contributed by atoms with Gasteiger partial charge in [-0.2, -0.15) is 0 Å². The quantitative estimate of drug-likeness (QED) is 0.877. The highest BCUT2D eigenvalue weighted by Gasteiger charge is 2.28. The molecule has 0 saturated heterocycles. The Balaban J connectivity index is 2.43. The number of hydrogen-bond donors (Lipinski definition) is 1. The van der Waals surface area contributed by atoms with E-state index in [0.717, 1.165) is 5.56 Å². The second kappa shape index (κ2) is 3.89. The molecule has 0 aliphatic carbocycles. The Morgan fingerprint density at radius 3 is 2.80 bits per heavy atom. The molecule has 15 heavy (non-hydrogen) atoms. The third kappa shape index (κ3) is 2.02. The standard InChI is InChI=1S/C10H9ClN2OS/c1-10(14,7-3-2-4-12-5-7)8-6-13-9(11)15-8/h2-6,14H,1H3. The van der Waals surface area contributed by atoms with E-state index in [9.17, 15) is 5.11 Å². The van der Waals surface area contributed by atoms with Gasteiger partial charge in [0, 0.05) is 24.2 Å². The van der Waals surface area contributed by atoms with E-state index in [1.165, 1.54) is 11.3 Å². The molecular formula is C10H9ClN2OS. The second-order valence-corrected chi connectivity index (χ2v) is 4.90. The predicted octanol–water partition coefficient (Wildman–Crippen LogP) is 2.45. The molecule has 0 aliphatic heterocycles. The summed E-state index contributed by atoms with van der Waals surface area (Å²) in [5.41, 5.74) is -0.357. The van der Waals surface area contributed by atoms with Crippen LogP contribution in [0.3, 0.4) is 0 Å². The van der Waals surface area contributed by atoms with E-state index in [2.05, 4.69) is 9.97 Å². The molecule has 1 atom stereocenters. The molecule has 0 aromatic carbocycles. The van der Waals surface area contributed by atoms with Crippen LogP contribution in [0, 0.1) is 0 Å². The lowest BCUT2D eigenvalue weighted by atomic mass is 9.97. The van der Waals surface area contributed by atoms with Crippen molar-refractivity contribution in [1.29, 1.82) is 0 Å². The lowest BCUT2D eigenvalue weighted by molar-refractivity contribution is 0.106. The average Bonchev–Trinajstić information content (AvgIpc) is 2.67. The minimum Gasteiger partial charge on any atom is -0.380 e. The number of thiazole rings is 1. The van der Waals surface area contributed by atoms with E-state index in [-0.39, 0.29) is 0 Å². The van der Waals surface area contributed by atoms with Crippen LogP contribution >= 0.6 is 22.9 Å². The van der Waals surface area contributed by atoms with Crippen molar-refractivity contribution in [2.24, 2.45) is 0 Å². The SMILES string of the molecule is CC(O)(c1cccnc1)c1cnc(Cl)s1. The van der Waals surface area contributed by atoms with Crippen molar-refractivity contribution in [3.8, 4) is 0 Å². The number of hydrogen-bond acceptors (Lipinski definition) is 4. The van der Waals surface area contributed by atoms with Crippen molar-refractivity contribution in [3.05, 3.63) is 45.6 Å². The van der Waals surface area contributed by atoms with Gasteiger partial charge >= 0.3 is 0 Å². The number of aliphatic hydroxyl groups is 1. The molecular weight excluding hydrogens is 232 g/mol. The van der Waals surface area contributed by atoms with Crippen LogP contribution in [0.2, 0.25) is 4.47 Å². The topological polar surface area (TPSA) is 46.0 Å². The number of aromatic nitrogens is 2. The summed E-state index contributed by atoms with van der Waals surface area (Å²) in [4.78, 5) is 8.60. The molecule has 0 aliphatic rings. The van der Waals surface area contributed by atoms with Crippen molar-refractivity contribution in [2.75, 3.05) is 0 Å². The second-order valence-electron chi connectivity index (χ2n) is 3.29. The van der Waals surface area contributed by atoms with Crippen LogP contribution < -0.4 is 0 Å². The first kappa shape index (κ1) is 10.5. The van der Waals surface area contributed by atoms with E-state index in [4.69, 9.17) is 11.6 Å². The normalized spacial score (nSPS) is 14.9. The Labute approximate surface area is 96.4 Å². The van der Waals surface area contributed by atoms with E-state index >= 15 is 0 Å². The summed E-state index contributed by atoms with van der Waals surface area (Å²) < 4.78 is 0.425. The summed E-state index contributed by atoms with van der Waals surface area (Å²) in [6.45, 7) is 1.70. The van der Waals surface area contributed by atoms with Crippen LogP contribution in [0.25, 0.3) is 0 Å². The summed E-state index contributed by atoms with van der Waals surface area (Å²) in [6, 6.07) is 3.60. The molecule has 2 aromatic heterocycles. The fraction of sp³-hybridized carbons (Fsp3) is 0.200. The third-order valence-electron chi connectivity index (χ3n) is 2.18. The molecule has 0 saturated carbocycles. The fourth-order valence-electron chi connectivity index (χ4n) is 1.27.